The third kappa shape index (κ3) is 2.24. The molecule has 0 aliphatic rings. The molecule has 0 radical (unpaired) electrons. The van der Waals surface area contributed by atoms with Gasteiger partial charge in [-0.15, -0.1) is 0 Å². The zero-order valence-electron chi connectivity index (χ0n) is 7.00. The zero-order chi connectivity index (χ0) is 9.14. The molecule has 0 saturated heterocycles. The fraction of sp³-hybridized carbons (Fsp3) is 0.222. The minimum Gasteiger partial charge on any atom is -0.506 e. The van der Waals surface area contributed by atoms with Gasteiger partial charge >= 0.3 is 0 Å². The molecule has 0 aliphatic heterocycles. The van der Waals surface area contributed by atoms with Crippen molar-refractivity contribution in [1.29, 1.82) is 0 Å². The van der Waals surface area contributed by atoms with Crippen LogP contribution in [0.5, 0.6) is 5.75 Å². The van der Waals surface area contributed by atoms with Gasteiger partial charge in [0, 0.05) is 10.7 Å². The van der Waals surface area contributed by atoms with Gasteiger partial charge in [-0.3, -0.25) is 4.99 Å². The first kappa shape index (κ1) is 9.07. The third-order valence-corrected chi connectivity index (χ3v) is 1.52. The second-order valence-electron chi connectivity index (χ2n) is 2.69. The summed E-state index contributed by atoms with van der Waals surface area (Å²) in [4.78, 5) is 4.10. The second-order valence-corrected chi connectivity index (χ2v) is 3.13. The van der Waals surface area contributed by atoms with Crippen LogP contribution in [-0.4, -0.2) is 10.8 Å². The number of aliphatic imine (C=N–C) groups is 1. The molecule has 1 aromatic rings. The molecule has 0 atom stereocenters. The normalized spacial score (nSPS) is 9.58. The number of benzene rings is 1. The standard InChI is InChI=1S/C9H10ClNO/c1-6(2)11-8-5-7(10)3-4-9(8)12/h3-5,12H,1-2H3. The highest BCUT2D eigenvalue weighted by Crippen LogP contribution is 2.29. The van der Waals surface area contributed by atoms with Gasteiger partial charge in [0.15, 0.2) is 0 Å². The summed E-state index contributed by atoms with van der Waals surface area (Å²) in [7, 11) is 0. The molecule has 0 unspecified atom stereocenters. The first-order valence-electron chi connectivity index (χ1n) is 3.60. The van der Waals surface area contributed by atoms with Crippen molar-refractivity contribution in [3.8, 4) is 5.75 Å². The van der Waals surface area contributed by atoms with E-state index in [2.05, 4.69) is 4.99 Å². The molecule has 0 spiro atoms. The van der Waals surface area contributed by atoms with Gasteiger partial charge in [0.25, 0.3) is 0 Å². The number of phenolic OH excluding ortho intramolecular Hbond substituents is 1. The van der Waals surface area contributed by atoms with Crippen molar-refractivity contribution in [3.05, 3.63) is 23.2 Å². The molecule has 0 aliphatic carbocycles. The van der Waals surface area contributed by atoms with E-state index in [4.69, 9.17) is 11.6 Å². The monoisotopic (exact) mass is 183 g/mol. The van der Waals surface area contributed by atoms with Gasteiger partial charge in [0.2, 0.25) is 0 Å². The summed E-state index contributed by atoms with van der Waals surface area (Å²) in [6.07, 6.45) is 0. The third-order valence-electron chi connectivity index (χ3n) is 1.28. The van der Waals surface area contributed by atoms with Gasteiger partial charge in [-0.25, -0.2) is 0 Å². The molecule has 0 heterocycles. The van der Waals surface area contributed by atoms with E-state index in [1.165, 1.54) is 6.07 Å². The molecule has 1 aromatic carbocycles. The molecule has 1 N–H and O–H groups in total. The molecule has 0 aromatic heterocycles. The van der Waals surface area contributed by atoms with Crippen LogP contribution < -0.4 is 0 Å². The molecular weight excluding hydrogens is 174 g/mol. The van der Waals surface area contributed by atoms with Crippen LogP contribution in [0.1, 0.15) is 13.8 Å². The van der Waals surface area contributed by atoms with Crippen LogP contribution in [0.15, 0.2) is 23.2 Å². The van der Waals surface area contributed by atoms with Gasteiger partial charge < -0.3 is 5.11 Å². The van der Waals surface area contributed by atoms with Crippen molar-refractivity contribution < 1.29 is 5.11 Å². The van der Waals surface area contributed by atoms with Crippen molar-refractivity contribution in [2.75, 3.05) is 0 Å². The lowest BCUT2D eigenvalue weighted by Crippen LogP contribution is -1.78. The molecule has 0 bridgehead atoms. The Morgan fingerprint density at radius 3 is 2.67 bits per heavy atom. The predicted molar refractivity (Wildman–Crippen MR) is 51.6 cm³/mol. The number of phenols is 1. The van der Waals surface area contributed by atoms with Crippen LogP contribution in [0.4, 0.5) is 5.69 Å². The van der Waals surface area contributed by atoms with Crippen LogP contribution >= 0.6 is 11.6 Å². The molecule has 1 rings (SSSR count). The Balaban J connectivity index is 3.14. The summed E-state index contributed by atoms with van der Waals surface area (Å²) in [5, 5.41) is 9.89. The van der Waals surface area contributed by atoms with Crippen LogP contribution in [0.3, 0.4) is 0 Å². The maximum Gasteiger partial charge on any atom is 0.141 e. The van der Waals surface area contributed by atoms with Crippen LogP contribution in [0, 0.1) is 0 Å². The van der Waals surface area contributed by atoms with Gasteiger partial charge in [-0.2, -0.15) is 0 Å². The largest absolute Gasteiger partial charge is 0.506 e. The lowest BCUT2D eigenvalue weighted by Gasteiger charge is -1.99. The Bertz CT molecular complexity index is 316. The van der Waals surface area contributed by atoms with Gasteiger partial charge in [0.05, 0.1) is 0 Å². The molecule has 12 heavy (non-hydrogen) atoms. The SMILES string of the molecule is CC(C)=Nc1cc(Cl)ccc1O. The quantitative estimate of drug-likeness (QED) is 0.667. The Morgan fingerprint density at radius 1 is 1.42 bits per heavy atom. The molecule has 0 amide bonds. The van der Waals surface area contributed by atoms with Crippen LogP contribution in [-0.2, 0) is 0 Å². The zero-order valence-corrected chi connectivity index (χ0v) is 7.76. The predicted octanol–water partition coefficient (Wildman–Crippen LogP) is 3.16. The average molecular weight is 184 g/mol. The molecule has 0 fully saturated rings. The van der Waals surface area contributed by atoms with Crippen molar-refractivity contribution >= 4 is 23.0 Å². The number of hydrogen-bond donors (Lipinski definition) is 1. The summed E-state index contributed by atoms with van der Waals surface area (Å²) in [6, 6.07) is 4.79. The molecule has 64 valence electrons. The lowest BCUT2D eigenvalue weighted by atomic mass is 10.3. The summed E-state index contributed by atoms with van der Waals surface area (Å²) < 4.78 is 0. The van der Waals surface area contributed by atoms with E-state index in [9.17, 15) is 5.11 Å². The summed E-state index contributed by atoms with van der Waals surface area (Å²) in [5.74, 6) is 0.153. The van der Waals surface area contributed by atoms with Crippen molar-refractivity contribution in [3.63, 3.8) is 0 Å². The Morgan fingerprint density at radius 2 is 2.08 bits per heavy atom. The Hall–Kier alpha value is -1.02. The summed E-state index contributed by atoms with van der Waals surface area (Å²) in [5.41, 5.74) is 1.40. The fourth-order valence-corrected chi connectivity index (χ4v) is 0.993. The average Bonchev–Trinajstić information content (AvgIpc) is 1.96. The summed E-state index contributed by atoms with van der Waals surface area (Å²) >= 11 is 5.72. The van der Waals surface area contributed by atoms with Gasteiger partial charge in [-0.1, -0.05) is 11.6 Å². The van der Waals surface area contributed by atoms with Gasteiger partial charge in [-0.05, 0) is 32.0 Å². The van der Waals surface area contributed by atoms with Crippen LogP contribution in [0.25, 0.3) is 0 Å². The maximum atomic E-state index is 9.32. The first-order valence-corrected chi connectivity index (χ1v) is 3.98. The highest BCUT2D eigenvalue weighted by molar-refractivity contribution is 6.30. The van der Waals surface area contributed by atoms with E-state index in [0.717, 1.165) is 5.71 Å². The van der Waals surface area contributed by atoms with E-state index in [1.54, 1.807) is 12.1 Å². The first-order chi connectivity index (χ1) is 5.59. The summed E-state index contributed by atoms with van der Waals surface area (Å²) in [6.45, 7) is 3.72. The van der Waals surface area contributed by atoms with Crippen molar-refractivity contribution in [2.45, 2.75) is 13.8 Å². The van der Waals surface area contributed by atoms with E-state index in [1.807, 2.05) is 13.8 Å². The smallest absolute Gasteiger partial charge is 0.141 e. The lowest BCUT2D eigenvalue weighted by molar-refractivity contribution is 0.477. The number of hydrogen-bond acceptors (Lipinski definition) is 2. The van der Waals surface area contributed by atoms with Gasteiger partial charge in [0.1, 0.15) is 11.4 Å². The highest BCUT2D eigenvalue weighted by atomic mass is 35.5. The molecule has 0 saturated carbocycles. The van der Waals surface area contributed by atoms with E-state index >= 15 is 0 Å². The van der Waals surface area contributed by atoms with E-state index < -0.39 is 0 Å². The molecule has 3 heteroatoms. The van der Waals surface area contributed by atoms with E-state index in [0.29, 0.717) is 10.7 Å². The second kappa shape index (κ2) is 3.59. The minimum absolute atomic E-state index is 0.153. The number of aromatic hydroxyl groups is 1. The number of halogens is 1. The van der Waals surface area contributed by atoms with Crippen molar-refractivity contribution in [2.24, 2.45) is 4.99 Å². The maximum absolute atomic E-state index is 9.32. The van der Waals surface area contributed by atoms with E-state index in [-0.39, 0.29) is 5.75 Å². The van der Waals surface area contributed by atoms with Crippen molar-refractivity contribution in [1.82, 2.24) is 0 Å². The number of nitrogens with zero attached hydrogens (tertiary/aromatic N) is 1. The number of rotatable bonds is 1. The highest BCUT2D eigenvalue weighted by Gasteiger charge is 1.98. The van der Waals surface area contributed by atoms with Crippen LogP contribution in [0.2, 0.25) is 5.02 Å². The minimum atomic E-state index is 0.153. The molecular formula is C9H10ClNO. The Kier molecular flexibility index (Phi) is 2.71. The molecule has 2 nitrogen and oxygen atoms in total. The topological polar surface area (TPSA) is 32.6 Å². The fourth-order valence-electron chi connectivity index (χ4n) is 0.827. The Labute approximate surface area is 76.5 Å².